The Bertz CT molecular complexity index is 581. The number of nitrogens with one attached hydrogen (secondary N) is 2. The van der Waals surface area contributed by atoms with Gasteiger partial charge in [-0.25, -0.2) is 4.52 Å². The zero-order chi connectivity index (χ0) is 13.8. The Labute approximate surface area is 119 Å². The molecular weight excluding hydrogens is 310 g/mol. The Hall–Kier alpha value is -1.63. The number of fused-ring (bicyclic) bond motifs is 1. The number of pyridine rings is 1. The molecule has 0 aromatic carbocycles. The number of carbonyl (C=O) groups is 1. The third kappa shape index (κ3) is 3.92. The van der Waals surface area contributed by atoms with Gasteiger partial charge in [0.2, 0.25) is 11.9 Å². The standard InChI is InChI=1S/C12H16BrN5O/c1-8(2)15-11(19)5-6-14-12-16-10-4-3-9(13)7-18(10)17-12/h3-4,7-8H,5-6H2,1-2H3,(H,14,17)(H,15,19). The van der Waals surface area contributed by atoms with Crippen LogP contribution in [0.2, 0.25) is 0 Å². The Balaban J connectivity index is 1.89. The maximum Gasteiger partial charge on any atom is 0.243 e. The minimum atomic E-state index is 0.0222. The van der Waals surface area contributed by atoms with Crippen molar-refractivity contribution in [3.8, 4) is 0 Å². The fourth-order valence-corrected chi connectivity index (χ4v) is 1.94. The molecule has 2 N–H and O–H groups in total. The maximum atomic E-state index is 11.5. The molecule has 0 spiro atoms. The van der Waals surface area contributed by atoms with Crippen LogP contribution in [0.4, 0.5) is 5.95 Å². The van der Waals surface area contributed by atoms with Gasteiger partial charge in [0.25, 0.3) is 0 Å². The van der Waals surface area contributed by atoms with E-state index in [1.807, 2.05) is 32.2 Å². The van der Waals surface area contributed by atoms with E-state index in [1.54, 1.807) is 4.52 Å². The minimum Gasteiger partial charge on any atom is -0.354 e. The Morgan fingerprint density at radius 2 is 2.26 bits per heavy atom. The molecule has 0 radical (unpaired) electrons. The second-order valence-corrected chi connectivity index (χ2v) is 5.40. The quantitative estimate of drug-likeness (QED) is 0.879. The first-order valence-electron chi connectivity index (χ1n) is 6.10. The van der Waals surface area contributed by atoms with Crippen LogP contribution < -0.4 is 10.6 Å². The van der Waals surface area contributed by atoms with E-state index in [-0.39, 0.29) is 11.9 Å². The second kappa shape index (κ2) is 6.01. The van der Waals surface area contributed by atoms with E-state index in [9.17, 15) is 4.79 Å². The first-order valence-corrected chi connectivity index (χ1v) is 6.89. The molecule has 2 aromatic heterocycles. The van der Waals surface area contributed by atoms with Gasteiger partial charge < -0.3 is 10.6 Å². The van der Waals surface area contributed by atoms with Crippen molar-refractivity contribution in [3.63, 3.8) is 0 Å². The molecule has 19 heavy (non-hydrogen) atoms. The van der Waals surface area contributed by atoms with Crippen LogP contribution in [0.15, 0.2) is 22.8 Å². The Morgan fingerprint density at radius 3 is 3.00 bits per heavy atom. The smallest absolute Gasteiger partial charge is 0.243 e. The minimum absolute atomic E-state index is 0.0222. The van der Waals surface area contributed by atoms with Crippen molar-refractivity contribution in [3.05, 3.63) is 22.8 Å². The first-order chi connectivity index (χ1) is 9.04. The number of anilines is 1. The fourth-order valence-electron chi connectivity index (χ4n) is 1.61. The summed E-state index contributed by atoms with van der Waals surface area (Å²) in [6.07, 6.45) is 2.23. The maximum absolute atomic E-state index is 11.5. The van der Waals surface area contributed by atoms with Crippen molar-refractivity contribution in [2.24, 2.45) is 0 Å². The van der Waals surface area contributed by atoms with Crippen LogP contribution in [-0.2, 0) is 4.79 Å². The molecule has 0 unspecified atom stereocenters. The molecular formula is C12H16BrN5O. The lowest BCUT2D eigenvalue weighted by atomic mass is 10.3. The largest absolute Gasteiger partial charge is 0.354 e. The summed E-state index contributed by atoms with van der Waals surface area (Å²) in [6, 6.07) is 3.94. The zero-order valence-electron chi connectivity index (χ0n) is 10.9. The van der Waals surface area contributed by atoms with E-state index in [1.165, 1.54) is 0 Å². The molecule has 0 saturated carbocycles. The van der Waals surface area contributed by atoms with Crippen LogP contribution in [0.5, 0.6) is 0 Å². The van der Waals surface area contributed by atoms with Crippen molar-refractivity contribution in [1.29, 1.82) is 0 Å². The summed E-state index contributed by atoms with van der Waals surface area (Å²) in [6.45, 7) is 4.39. The van der Waals surface area contributed by atoms with Crippen LogP contribution in [0.25, 0.3) is 5.65 Å². The summed E-state index contributed by atoms with van der Waals surface area (Å²) >= 11 is 3.37. The highest BCUT2D eigenvalue weighted by molar-refractivity contribution is 9.10. The molecule has 0 atom stereocenters. The molecule has 1 amide bonds. The molecule has 0 bridgehead atoms. The SMILES string of the molecule is CC(C)NC(=O)CCNc1nc2ccc(Br)cn2n1. The monoisotopic (exact) mass is 325 g/mol. The van der Waals surface area contributed by atoms with Crippen LogP contribution >= 0.6 is 15.9 Å². The number of aromatic nitrogens is 3. The third-order valence-electron chi connectivity index (χ3n) is 2.38. The van der Waals surface area contributed by atoms with Gasteiger partial charge in [-0.2, -0.15) is 4.98 Å². The number of rotatable bonds is 5. The summed E-state index contributed by atoms with van der Waals surface area (Å²) in [5, 5.41) is 10.1. The van der Waals surface area contributed by atoms with Crippen molar-refractivity contribution in [2.75, 3.05) is 11.9 Å². The van der Waals surface area contributed by atoms with E-state index in [0.717, 1.165) is 10.1 Å². The van der Waals surface area contributed by atoms with Gasteiger partial charge in [0.15, 0.2) is 5.65 Å². The van der Waals surface area contributed by atoms with Crippen LogP contribution in [0.3, 0.4) is 0 Å². The Morgan fingerprint density at radius 1 is 1.47 bits per heavy atom. The predicted octanol–water partition coefficient (Wildman–Crippen LogP) is 1.82. The average molecular weight is 326 g/mol. The van der Waals surface area contributed by atoms with Crippen molar-refractivity contribution in [1.82, 2.24) is 19.9 Å². The summed E-state index contributed by atoms with van der Waals surface area (Å²) in [5.41, 5.74) is 0.761. The molecule has 0 fully saturated rings. The molecule has 7 heteroatoms. The van der Waals surface area contributed by atoms with E-state index >= 15 is 0 Å². The number of hydrogen-bond donors (Lipinski definition) is 2. The number of carbonyl (C=O) groups excluding carboxylic acids is 1. The normalized spacial score (nSPS) is 10.9. The van der Waals surface area contributed by atoms with Crippen LogP contribution in [0.1, 0.15) is 20.3 Å². The molecule has 0 aliphatic rings. The fraction of sp³-hybridized carbons (Fsp3) is 0.417. The number of hydrogen-bond acceptors (Lipinski definition) is 4. The topological polar surface area (TPSA) is 71.3 Å². The zero-order valence-corrected chi connectivity index (χ0v) is 12.4. The Kier molecular flexibility index (Phi) is 4.36. The van der Waals surface area contributed by atoms with Gasteiger partial charge in [-0.1, -0.05) is 0 Å². The van der Waals surface area contributed by atoms with Gasteiger partial charge in [-0.3, -0.25) is 4.79 Å². The molecule has 2 heterocycles. The molecule has 2 aromatic rings. The van der Waals surface area contributed by atoms with Gasteiger partial charge in [-0.15, -0.1) is 5.10 Å². The summed E-state index contributed by atoms with van der Waals surface area (Å²) in [4.78, 5) is 15.8. The molecule has 6 nitrogen and oxygen atoms in total. The van der Waals surface area contributed by atoms with Gasteiger partial charge >= 0.3 is 0 Å². The van der Waals surface area contributed by atoms with E-state index in [4.69, 9.17) is 0 Å². The van der Waals surface area contributed by atoms with Gasteiger partial charge in [0, 0.05) is 29.7 Å². The van der Waals surface area contributed by atoms with E-state index in [2.05, 4.69) is 36.6 Å². The second-order valence-electron chi connectivity index (χ2n) is 4.48. The molecule has 102 valence electrons. The number of halogens is 1. The average Bonchev–Trinajstić information content (AvgIpc) is 2.69. The van der Waals surface area contributed by atoms with E-state index < -0.39 is 0 Å². The number of nitrogens with zero attached hydrogens (tertiary/aromatic N) is 3. The predicted molar refractivity (Wildman–Crippen MR) is 77.1 cm³/mol. The van der Waals surface area contributed by atoms with Crippen LogP contribution in [-0.4, -0.2) is 33.1 Å². The van der Waals surface area contributed by atoms with Crippen molar-refractivity contribution >= 4 is 33.4 Å². The van der Waals surface area contributed by atoms with Crippen LogP contribution in [0, 0.1) is 0 Å². The summed E-state index contributed by atoms with van der Waals surface area (Å²) < 4.78 is 2.62. The van der Waals surface area contributed by atoms with Crippen molar-refractivity contribution < 1.29 is 4.79 Å². The number of amides is 1. The highest BCUT2D eigenvalue weighted by Gasteiger charge is 2.05. The summed E-state index contributed by atoms with van der Waals surface area (Å²) in [7, 11) is 0. The van der Waals surface area contributed by atoms with Gasteiger partial charge in [0.05, 0.1) is 0 Å². The highest BCUT2D eigenvalue weighted by atomic mass is 79.9. The van der Waals surface area contributed by atoms with Gasteiger partial charge in [-0.05, 0) is 41.9 Å². The molecule has 0 aliphatic heterocycles. The van der Waals surface area contributed by atoms with Crippen molar-refractivity contribution in [2.45, 2.75) is 26.3 Å². The lowest BCUT2D eigenvalue weighted by Crippen LogP contribution is -2.31. The molecule has 0 aliphatic carbocycles. The first kappa shape index (κ1) is 13.8. The molecule has 2 rings (SSSR count). The highest BCUT2D eigenvalue weighted by Crippen LogP contribution is 2.11. The van der Waals surface area contributed by atoms with Gasteiger partial charge in [0.1, 0.15) is 0 Å². The summed E-state index contributed by atoms with van der Waals surface area (Å²) in [5.74, 6) is 0.546. The van der Waals surface area contributed by atoms with E-state index in [0.29, 0.717) is 18.9 Å². The molecule has 0 saturated heterocycles. The lowest BCUT2D eigenvalue weighted by Gasteiger charge is -2.07. The lowest BCUT2D eigenvalue weighted by molar-refractivity contribution is -0.121. The third-order valence-corrected chi connectivity index (χ3v) is 2.85.